The van der Waals surface area contributed by atoms with Crippen LogP contribution in [0.5, 0.6) is 5.75 Å². The molecule has 8 nitrogen and oxygen atoms in total. The van der Waals surface area contributed by atoms with Gasteiger partial charge in [-0.1, -0.05) is 6.07 Å². The number of piperidine rings is 1. The highest BCUT2D eigenvalue weighted by atomic mass is 32.2. The van der Waals surface area contributed by atoms with Crippen LogP contribution in [-0.4, -0.2) is 88.4 Å². The van der Waals surface area contributed by atoms with Gasteiger partial charge in [-0.2, -0.15) is 0 Å². The number of carbonyl (C=O) groups is 1. The highest BCUT2D eigenvalue weighted by Gasteiger charge is 2.32. The summed E-state index contributed by atoms with van der Waals surface area (Å²) >= 11 is 0. The zero-order valence-corrected chi connectivity index (χ0v) is 18.7. The number of benzene rings is 1. The summed E-state index contributed by atoms with van der Waals surface area (Å²) in [6.45, 7) is 3.89. The fourth-order valence-electron chi connectivity index (χ4n) is 4.35. The van der Waals surface area contributed by atoms with Gasteiger partial charge in [0.1, 0.15) is 5.75 Å². The molecule has 2 saturated heterocycles. The van der Waals surface area contributed by atoms with Crippen molar-refractivity contribution in [2.75, 3.05) is 52.8 Å². The molecular weight excluding hydrogens is 406 g/mol. The van der Waals surface area contributed by atoms with Gasteiger partial charge < -0.3 is 14.8 Å². The van der Waals surface area contributed by atoms with E-state index in [1.165, 1.54) is 6.26 Å². The van der Waals surface area contributed by atoms with Gasteiger partial charge in [0, 0.05) is 57.0 Å². The number of hydrogen-bond donors (Lipinski definition) is 1. The summed E-state index contributed by atoms with van der Waals surface area (Å²) in [5.41, 5.74) is 0.577. The van der Waals surface area contributed by atoms with E-state index in [2.05, 4.69) is 10.2 Å². The lowest BCUT2D eigenvalue weighted by atomic mass is 9.98. The minimum absolute atomic E-state index is 0.118. The average Bonchev–Trinajstić information content (AvgIpc) is 2.77. The molecule has 1 aromatic carbocycles. The largest absolute Gasteiger partial charge is 0.497 e. The lowest BCUT2D eigenvalue weighted by molar-refractivity contribution is 0.00747. The molecule has 0 aromatic heterocycles. The van der Waals surface area contributed by atoms with E-state index in [1.54, 1.807) is 29.6 Å². The van der Waals surface area contributed by atoms with Crippen LogP contribution in [-0.2, 0) is 14.8 Å². The van der Waals surface area contributed by atoms with Crippen LogP contribution in [0.25, 0.3) is 0 Å². The molecule has 30 heavy (non-hydrogen) atoms. The predicted molar refractivity (Wildman–Crippen MR) is 115 cm³/mol. The topological polar surface area (TPSA) is 88.2 Å². The fraction of sp³-hybridized carbons (Fsp3) is 0.667. The van der Waals surface area contributed by atoms with E-state index < -0.39 is 10.0 Å². The van der Waals surface area contributed by atoms with Crippen molar-refractivity contribution in [1.82, 2.24) is 14.5 Å². The quantitative estimate of drug-likeness (QED) is 0.658. The second-order valence-electron chi connectivity index (χ2n) is 7.96. The van der Waals surface area contributed by atoms with Crippen molar-refractivity contribution in [3.8, 4) is 5.75 Å². The first-order valence-electron chi connectivity index (χ1n) is 10.6. The second kappa shape index (κ2) is 10.6. The third-order valence-electron chi connectivity index (χ3n) is 6.01. The van der Waals surface area contributed by atoms with Crippen molar-refractivity contribution in [2.45, 2.75) is 37.8 Å². The Morgan fingerprint density at radius 3 is 2.50 bits per heavy atom. The molecule has 9 heteroatoms. The molecule has 1 N–H and O–H groups in total. The summed E-state index contributed by atoms with van der Waals surface area (Å²) in [5, 5.41) is 3.02. The van der Waals surface area contributed by atoms with E-state index in [9.17, 15) is 13.2 Å². The van der Waals surface area contributed by atoms with Crippen molar-refractivity contribution in [3.63, 3.8) is 0 Å². The van der Waals surface area contributed by atoms with Crippen molar-refractivity contribution in [1.29, 1.82) is 0 Å². The molecule has 0 aliphatic carbocycles. The summed E-state index contributed by atoms with van der Waals surface area (Å²) in [6.07, 6.45) is 4.84. The SMILES string of the molecule is COc1cccc(C(=O)NCCN(C2CCOCC2)C2CCN(S(C)(=O)=O)CC2)c1. The molecule has 0 spiro atoms. The minimum Gasteiger partial charge on any atom is -0.497 e. The number of nitrogens with one attached hydrogen (secondary N) is 1. The Labute approximate surface area is 179 Å². The molecule has 0 radical (unpaired) electrons. The molecule has 1 aromatic rings. The molecule has 0 saturated carbocycles. The van der Waals surface area contributed by atoms with Crippen molar-refractivity contribution in [3.05, 3.63) is 29.8 Å². The number of nitrogens with zero attached hydrogens (tertiary/aromatic N) is 2. The highest BCUT2D eigenvalue weighted by molar-refractivity contribution is 7.88. The molecule has 1 amide bonds. The Hall–Kier alpha value is -1.68. The first-order chi connectivity index (χ1) is 14.4. The standard InChI is InChI=1S/C21H33N3O5S/c1-28-20-5-3-4-17(16-20)21(25)22-10-13-24(19-8-14-29-15-9-19)18-6-11-23(12-7-18)30(2,26)27/h3-5,16,18-19H,6-15H2,1-2H3,(H,22,25). The van der Waals surface area contributed by atoms with E-state index >= 15 is 0 Å². The van der Waals surface area contributed by atoms with Crippen LogP contribution in [0, 0.1) is 0 Å². The van der Waals surface area contributed by atoms with Crippen molar-refractivity contribution < 1.29 is 22.7 Å². The van der Waals surface area contributed by atoms with Gasteiger partial charge in [-0.15, -0.1) is 0 Å². The minimum atomic E-state index is -3.14. The Morgan fingerprint density at radius 2 is 1.87 bits per heavy atom. The third-order valence-corrected chi connectivity index (χ3v) is 7.31. The van der Waals surface area contributed by atoms with E-state index in [1.807, 2.05) is 6.07 Å². The average molecular weight is 440 g/mol. The van der Waals surface area contributed by atoms with Gasteiger partial charge in [-0.05, 0) is 43.9 Å². The maximum absolute atomic E-state index is 12.5. The van der Waals surface area contributed by atoms with E-state index in [0.717, 1.165) is 45.4 Å². The Morgan fingerprint density at radius 1 is 1.20 bits per heavy atom. The molecule has 168 valence electrons. The normalized spacial score (nSPS) is 19.7. The van der Waals surface area contributed by atoms with Gasteiger partial charge in [-0.3, -0.25) is 9.69 Å². The lowest BCUT2D eigenvalue weighted by Crippen LogP contribution is -2.53. The number of sulfonamides is 1. The van der Waals surface area contributed by atoms with Gasteiger partial charge in [0.25, 0.3) is 5.91 Å². The summed E-state index contributed by atoms with van der Waals surface area (Å²) in [5.74, 6) is 0.539. The summed E-state index contributed by atoms with van der Waals surface area (Å²) in [4.78, 5) is 15.0. The first-order valence-corrected chi connectivity index (χ1v) is 12.4. The molecule has 2 aliphatic rings. The number of rotatable bonds is 8. The number of amides is 1. The zero-order chi connectivity index (χ0) is 21.6. The Bertz CT molecular complexity index is 803. The second-order valence-corrected chi connectivity index (χ2v) is 9.94. The first kappa shape index (κ1) is 23.0. The molecule has 0 unspecified atom stereocenters. The van der Waals surface area contributed by atoms with Gasteiger partial charge in [-0.25, -0.2) is 12.7 Å². The fourth-order valence-corrected chi connectivity index (χ4v) is 5.22. The van der Waals surface area contributed by atoms with Crippen LogP contribution in [0.3, 0.4) is 0 Å². The molecule has 3 rings (SSSR count). The van der Waals surface area contributed by atoms with E-state index in [0.29, 0.717) is 43.0 Å². The molecule has 0 atom stereocenters. The van der Waals surface area contributed by atoms with Gasteiger partial charge in [0.05, 0.1) is 13.4 Å². The van der Waals surface area contributed by atoms with Crippen LogP contribution >= 0.6 is 0 Å². The maximum Gasteiger partial charge on any atom is 0.251 e. The number of methoxy groups -OCH3 is 1. The van der Waals surface area contributed by atoms with Crippen LogP contribution < -0.4 is 10.1 Å². The predicted octanol–water partition coefficient (Wildman–Crippen LogP) is 1.33. The van der Waals surface area contributed by atoms with Gasteiger partial charge >= 0.3 is 0 Å². The van der Waals surface area contributed by atoms with Gasteiger partial charge in [0.2, 0.25) is 10.0 Å². The summed E-state index contributed by atoms with van der Waals surface area (Å²) < 4.78 is 35.9. The number of carbonyl (C=O) groups excluding carboxylic acids is 1. The third kappa shape index (κ3) is 6.16. The van der Waals surface area contributed by atoms with Crippen molar-refractivity contribution >= 4 is 15.9 Å². The summed E-state index contributed by atoms with van der Waals surface area (Å²) in [7, 11) is -1.56. The maximum atomic E-state index is 12.5. The lowest BCUT2D eigenvalue weighted by Gasteiger charge is -2.43. The molecule has 2 aliphatic heterocycles. The van der Waals surface area contributed by atoms with Crippen LogP contribution in [0.4, 0.5) is 0 Å². The Kier molecular flexibility index (Phi) is 8.10. The monoisotopic (exact) mass is 439 g/mol. The molecular formula is C21H33N3O5S. The van der Waals surface area contributed by atoms with E-state index in [-0.39, 0.29) is 5.91 Å². The highest BCUT2D eigenvalue weighted by Crippen LogP contribution is 2.24. The van der Waals surface area contributed by atoms with Crippen LogP contribution in [0.2, 0.25) is 0 Å². The van der Waals surface area contributed by atoms with Crippen molar-refractivity contribution in [2.24, 2.45) is 0 Å². The van der Waals surface area contributed by atoms with Gasteiger partial charge in [0.15, 0.2) is 0 Å². The van der Waals surface area contributed by atoms with Crippen LogP contribution in [0.15, 0.2) is 24.3 Å². The number of hydrogen-bond acceptors (Lipinski definition) is 6. The Balaban J connectivity index is 1.58. The number of ether oxygens (including phenoxy) is 2. The zero-order valence-electron chi connectivity index (χ0n) is 17.9. The molecule has 2 heterocycles. The van der Waals surface area contributed by atoms with Crippen LogP contribution in [0.1, 0.15) is 36.0 Å². The molecule has 0 bridgehead atoms. The smallest absolute Gasteiger partial charge is 0.251 e. The molecule has 2 fully saturated rings. The van der Waals surface area contributed by atoms with E-state index in [4.69, 9.17) is 9.47 Å². The summed E-state index contributed by atoms with van der Waals surface area (Å²) in [6, 6.07) is 7.84.